The van der Waals surface area contributed by atoms with Crippen LogP contribution in [0.5, 0.6) is 0 Å². The first-order valence-corrected chi connectivity index (χ1v) is 8.33. The number of aromatic nitrogens is 3. The van der Waals surface area contributed by atoms with Gasteiger partial charge >= 0.3 is 0 Å². The van der Waals surface area contributed by atoms with Crippen LogP contribution in [0.4, 0.5) is 11.5 Å². The lowest BCUT2D eigenvalue weighted by Crippen LogP contribution is -2.28. The molecule has 2 N–H and O–H groups in total. The number of rotatable bonds is 3. The summed E-state index contributed by atoms with van der Waals surface area (Å²) in [5.41, 5.74) is 1.42. The minimum Gasteiger partial charge on any atom is -0.271 e. The summed E-state index contributed by atoms with van der Waals surface area (Å²) in [6.07, 6.45) is 2.92. The normalized spacial score (nSPS) is 11.7. The summed E-state index contributed by atoms with van der Waals surface area (Å²) in [6, 6.07) is 9.97. The smallest absolute Gasteiger partial charge is 0.271 e. The number of nitrogens with zero attached hydrogens (tertiary/aromatic N) is 2. The van der Waals surface area contributed by atoms with Crippen LogP contribution in [0.25, 0.3) is 5.65 Å². The van der Waals surface area contributed by atoms with Gasteiger partial charge in [-0.3, -0.25) is 10.4 Å². The van der Waals surface area contributed by atoms with Crippen molar-refractivity contribution < 1.29 is 12.9 Å². The maximum absolute atomic E-state index is 11.4. The highest BCUT2D eigenvalue weighted by Crippen LogP contribution is 2.18. The quantitative estimate of drug-likeness (QED) is 0.570. The molecule has 0 fully saturated rings. The number of hydrogen-bond donors (Lipinski definition) is 2. The van der Waals surface area contributed by atoms with Gasteiger partial charge < -0.3 is 0 Å². The topological polar surface area (TPSA) is 78.9 Å². The number of H-pyrrole nitrogens is 1. The highest BCUT2D eigenvalue weighted by Gasteiger charge is 2.13. The number of nitrogens with one attached hydrogen (secondary N) is 2. The lowest BCUT2D eigenvalue weighted by atomic mass is 10.3. The second kappa shape index (κ2) is 5.01. The molecular formula is C13H12ClN4O2S+. The van der Waals surface area contributed by atoms with Crippen molar-refractivity contribution in [2.24, 2.45) is 0 Å². The van der Waals surface area contributed by atoms with Gasteiger partial charge in [0, 0.05) is 18.5 Å². The van der Waals surface area contributed by atoms with E-state index in [9.17, 15) is 8.42 Å². The van der Waals surface area contributed by atoms with Gasteiger partial charge in [0.05, 0.1) is 16.6 Å². The summed E-state index contributed by atoms with van der Waals surface area (Å²) in [4.78, 5) is 4.44. The second-order valence-electron chi connectivity index (χ2n) is 4.54. The van der Waals surface area contributed by atoms with Crippen LogP contribution < -0.4 is 9.83 Å². The van der Waals surface area contributed by atoms with Gasteiger partial charge in [-0.25, -0.2) is 8.42 Å². The average molecular weight is 324 g/mol. The standard InChI is InChI=1S/C13H11ClN4O2S/c1-21(19,20)10-4-2-9(3-5-10)16-13-8-11(14)17-12-6-7-15-18(12)13/h2-8H,1H3,(H,15,16,17)/p+1. The summed E-state index contributed by atoms with van der Waals surface area (Å²) in [5.74, 6) is 0.696. The van der Waals surface area contributed by atoms with Gasteiger partial charge in [0.25, 0.3) is 11.5 Å². The van der Waals surface area contributed by atoms with Crippen molar-refractivity contribution in [3.63, 3.8) is 0 Å². The van der Waals surface area contributed by atoms with E-state index in [-0.39, 0.29) is 4.90 Å². The van der Waals surface area contributed by atoms with Crippen LogP contribution in [-0.2, 0) is 9.84 Å². The maximum atomic E-state index is 11.4. The van der Waals surface area contributed by atoms with Crippen molar-refractivity contribution in [1.82, 2.24) is 10.1 Å². The third-order valence-corrected chi connectivity index (χ3v) is 4.26. The molecule has 3 rings (SSSR count). The molecule has 3 aromatic rings. The van der Waals surface area contributed by atoms with E-state index in [1.165, 1.54) is 6.26 Å². The van der Waals surface area contributed by atoms with Crippen LogP contribution >= 0.6 is 11.6 Å². The third kappa shape index (κ3) is 2.84. The maximum Gasteiger partial charge on any atom is 0.288 e. The average Bonchev–Trinajstić information content (AvgIpc) is 2.86. The molecule has 0 saturated carbocycles. The van der Waals surface area contributed by atoms with Crippen molar-refractivity contribution in [2.75, 3.05) is 11.6 Å². The molecule has 0 aliphatic carbocycles. The molecule has 8 heteroatoms. The van der Waals surface area contributed by atoms with Gasteiger partial charge in [-0.15, -0.1) is 4.52 Å². The molecular weight excluding hydrogens is 312 g/mol. The van der Waals surface area contributed by atoms with E-state index in [0.717, 1.165) is 5.69 Å². The molecule has 6 nitrogen and oxygen atoms in total. The first kappa shape index (κ1) is 13.8. The Bertz CT molecular complexity index is 904. The lowest BCUT2D eigenvalue weighted by molar-refractivity contribution is -0.563. The third-order valence-electron chi connectivity index (χ3n) is 2.94. The van der Waals surface area contributed by atoms with E-state index in [0.29, 0.717) is 16.6 Å². The van der Waals surface area contributed by atoms with Gasteiger partial charge in [-0.2, -0.15) is 0 Å². The molecule has 1 aromatic carbocycles. The minimum absolute atomic E-state index is 0.276. The van der Waals surface area contributed by atoms with Gasteiger partial charge in [0.2, 0.25) is 5.15 Å². The molecule has 2 aromatic heterocycles. The van der Waals surface area contributed by atoms with E-state index in [4.69, 9.17) is 11.6 Å². The van der Waals surface area contributed by atoms with Crippen LogP contribution in [0.3, 0.4) is 0 Å². The van der Waals surface area contributed by atoms with Crippen LogP contribution in [0.15, 0.2) is 47.5 Å². The van der Waals surface area contributed by atoms with E-state index >= 15 is 0 Å². The largest absolute Gasteiger partial charge is 0.288 e. The molecule has 108 valence electrons. The Labute approximate surface area is 126 Å². The Hall–Kier alpha value is -2.12. The van der Waals surface area contributed by atoms with Crippen LogP contribution in [0.1, 0.15) is 0 Å². The van der Waals surface area contributed by atoms with E-state index in [1.54, 1.807) is 47.1 Å². The molecule has 0 aliphatic rings. The molecule has 0 radical (unpaired) electrons. The summed E-state index contributed by atoms with van der Waals surface area (Å²) in [7, 11) is -3.20. The van der Waals surface area contributed by atoms with Gasteiger partial charge in [0.1, 0.15) is 0 Å². The van der Waals surface area contributed by atoms with Crippen molar-refractivity contribution >= 4 is 38.6 Å². The zero-order valence-electron chi connectivity index (χ0n) is 11.0. The fourth-order valence-corrected chi connectivity index (χ4v) is 2.77. The monoisotopic (exact) mass is 323 g/mol. The Morgan fingerprint density at radius 3 is 2.62 bits per heavy atom. The molecule has 0 unspecified atom stereocenters. The molecule has 0 amide bonds. The second-order valence-corrected chi connectivity index (χ2v) is 6.94. The fraction of sp³-hybridized carbons (Fsp3) is 0.0769. The first-order chi connectivity index (χ1) is 9.93. The van der Waals surface area contributed by atoms with E-state index < -0.39 is 9.84 Å². The SMILES string of the molecule is CS(=O)(=O)c1ccc(Nc2cc(Cl)nc3cc[nH][n+]23)cc1. The number of anilines is 2. The van der Waals surface area contributed by atoms with Crippen molar-refractivity contribution in [3.8, 4) is 0 Å². The summed E-state index contributed by atoms with van der Waals surface area (Å²) in [5, 5.41) is 6.54. The first-order valence-electron chi connectivity index (χ1n) is 6.06. The zero-order valence-corrected chi connectivity index (χ0v) is 12.6. The van der Waals surface area contributed by atoms with Crippen LogP contribution in [0, 0.1) is 0 Å². The van der Waals surface area contributed by atoms with Gasteiger partial charge in [-0.1, -0.05) is 4.98 Å². The van der Waals surface area contributed by atoms with Crippen molar-refractivity contribution in [3.05, 3.63) is 47.7 Å². The number of benzene rings is 1. The molecule has 21 heavy (non-hydrogen) atoms. The predicted octanol–water partition coefficient (Wildman–Crippen LogP) is 1.95. The van der Waals surface area contributed by atoms with E-state index in [2.05, 4.69) is 15.4 Å². The fourth-order valence-electron chi connectivity index (χ4n) is 1.95. The molecule has 0 atom stereocenters. The van der Waals surface area contributed by atoms with Crippen molar-refractivity contribution in [2.45, 2.75) is 4.90 Å². The molecule has 0 spiro atoms. The van der Waals surface area contributed by atoms with Crippen LogP contribution in [-0.4, -0.2) is 24.8 Å². The molecule has 0 bridgehead atoms. The highest BCUT2D eigenvalue weighted by molar-refractivity contribution is 7.90. The minimum atomic E-state index is -3.20. The number of hydrogen-bond acceptors (Lipinski definition) is 4. The van der Waals surface area contributed by atoms with Crippen molar-refractivity contribution in [1.29, 1.82) is 0 Å². The van der Waals surface area contributed by atoms with Gasteiger partial charge in [-0.05, 0) is 35.9 Å². The number of aromatic amines is 1. The predicted molar refractivity (Wildman–Crippen MR) is 79.6 cm³/mol. The van der Waals surface area contributed by atoms with Gasteiger partial charge in [0.15, 0.2) is 9.84 Å². The summed E-state index contributed by atoms with van der Waals surface area (Å²) in [6.45, 7) is 0. The molecule has 2 heterocycles. The lowest BCUT2D eigenvalue weighted by Gasteiger charge is -2.03. The molecule has 0 aliphatic heterocycles. The number of sulfone groups is 1. The zero-order chi connectivity index (χ0) is 15.0. The van der Waals surface area contributed by atoms with Crippen LogP contribution in [0.2, 0.25) is 5.15 Å². The Morgan fingerprint density at radius 2 is 1.95 bits per heavy atom. The Balaban J connectivity index is 1.97. The number of halogens is 1. The Morgan fingerprint density at radius 1 is 1.24 bits per heavy atom. The van der Waals surface area contributed by atoms with E-state index in [1.807, 2.05) is 0 Å². The molecule has 0 saturated heterocycles. The summed E-state index contributed by atoms with van der Waals surface area (Å²) >= 11 is 5.97. The summed E-state index contributed by atoms with van der Waals surface area (Å²) < 4.78 is 24.6. The highest BCUT2D eigenvalue weighted by atomic mass is 35.5. The Kier molecular flexibility index (Phi) is 3.30. The number of fused-ring (bicyclic) bond motifs is 1.